The Kier molecular flexibility index (Phi) is 7.17. The van der Waals surface area contributed by atoms with Crippen molar-refractivity contribution in [2.24, 2.45) is 0 Å². The zero-order chi connectivity index (χ0) is 19.1. The van der Waals surface area contributed by atoms with Crippen molar-refractivity contribution in [3.8, 4) is 5.75 Å². The molecular weight excluding hydrogens is 391 g/mol. The lowest BCUT2D eigenvalue weighted by Gasteiger charge is -2.11. The summed E-state index contributed by atoms with van der Waals surface area (Å²) in [6.07, 6.45) is -0.102. The molecule has 0 aliphatic carbocycles. The Morgan fingerprint density at radius 3 is 2.50 bits per heavy atom. The zero-order valence-corrected chi connectivity index (χ0v) is 14.7. The minimum absolute atomic E-state index is 0.0401. The third kappa shape index (κ3) is 6.16. The number of nitrogens with one attached hydrogen (secondary N) is 1. The molecule has 2 rings (SSSR count). The first-order chi connectivity index (χ1) is 12.3. The largest absolute Gasteiger partial charge is 0.455 e. The SMILES string of the molecule is O=C(COC(=O)Cc1ccc(Cl)c(Cl)c1)Nc1ccccc1OC(F)F. The number of alkyl halides is 2. The summed E-state index contributed by atoms with van der Waals surface area (Å²) >= 11 is 11.6. The van der Waals surface area contributed by atoms with Gasteiger partial charge in [-0.1, -0.05) is 41.4 Å². The van der Waals surface area contributed by atoms with Gasteiger partial charge in [-0.3, -0.25) is 9.59 Å². The molecule has 0 radical (unpaired) electrons. The van der Waals surface area contributed by atoms with E-state index in [0.717, 1.165) is 0 Å². The highest BCUT2D eigenvalue weighted by Gasteiger charge is 2.13. The average Bonchev–Trinajstić information content (AvgIpc) is 2.58. The summed E-state index contributed by atoms with van der Waals surface area (Å²) in [7, 11) is 0. The van der Waals surface area contributed by atoms with E-state index in [1.54, 1.807) is 12.1 Å². The second kappa shape index (κ2) is 9.35. The number of hydrogen-bond acceptors (Lipinski definition) is 4. The number of anilines is 1. The molecule has 0 fully saturated rings. The van der Waals surface area contributed by atoms with Crippen molar-refractivity contribution < 1.29 is 27.8 Å². The molecule has 0 aromatic heterocycles. The number of halogens is 4. The van der Waals surface area contributed by atoms with Crippen LogP contribution in [0.2, 0.25) is 10.0 Å². The standard InChI is InChI=1S/C17H13Cl2F2NO4/c18-11-6-5-10(7-12(11)19)8-16(24)25-9-15(23)22-13-3-1-2-4-14(13)26-17(20)21/h1-7,17H,8-9H2,(H,22,23). The molecule has 2 aromatic carbocycles. The summed E-state index contributed by atoms with van der Waals surface area (Å²) in [4.78, 5) is 23.6. The Bertz CT molecular complexity index is 802. The Hall–Kier alpha value is -2.38. The normalized spacial score (nSPS) is 10.5. The van der Waals surface area contributed by atoms with Crippen molar-refractivity contribution >= 4 is 40.8 Å². The van der Waals surface area contributed by atoms with Gasteiger partial charge in [0.15, 0.2) is 6.61 Å². The number of benzene rings is 2. The molecule has 0 aliphatic rings. The second-order valence-electron chi connectivity index (χ2n) is 5.01. The van der Waals surface area contributed by atoms with Crippen molar-refractivity contribution in [3.05, 3.63) is 58.1 Å². The van der Waals surface area contributed by atoms with Crippen LogP contribution in [0.5, 0.6) is 5.75 Å². The maximum Gasteiger partial charge on any atom is 0.387 e. The fraction of sp³-hybridized carbons (Fsp3) is 0.176. The highest BCUT2D eigenvalue weighted by Crippen LogP contribution is 2.25. The molecule has 0 spiro atoms. The number of carbonyl (C=O) groups excluding carboxylic acids is 2. The molecule has 138 valence electrons. The molecule has 5 nitrogen and oxygen atoms in total. The smallest absolute Gasteiger partial charge is 0.387 e. The van der Waals surface area contributed by atoms with Gasteiger partial charge in [-0.05, 0) is 29.8 Å². The lowest BCUT2D eigenvalue weighted by atomic mass is 10.1. The molecule has 0 unspecified atom stereocenters. The van der Waals surface area contributed by atoms with Crippen LogP contribution in [0.1, 0.15) is 5.56 Å². The van der Waals surface area contributed by atoms with E-state index in [-0.39, 0.29) is 17.9 Å². The van der Waals surface area contributed by atoms with Gasteiger partial charge in [-0.15, -0.1) is 0 Å². The second-order valence-corrected chi connectivity index (χ2v) is 5.82. The molecule has 0 atom stereocenters. The van der Waals surface area contributed by atoms with Gasteiger partial charge in [0.05, 0.1) is 22.2 Å². The van der Waals surface area contributed by atoms with Gasteiger partial charge in [-0.2, -0.15) is 8.78 Å². The van der Waals surface area contributed by atoms with Gasteiger partial charge < -0.3 is 14.8 Å². The van der Waals surface area contributed by atoms with Crippen LogP contribution >= 0.6 is 23.2 Å². The van der Waals surface area contributed by atoms with Crippen molar-refractivity contribution in [3.63, 3.8) is 0 Å². The molecule has 0 aliphatic heterocycles. The van der Waals surface area contributed by atoms with Crippen LogP contribution in [0.4, 0.5) is 14.5 Å². The first kappa shape index (κ1) is 19.9. The Labute approximate surface area is 157 Å². The maximum atomic E-state index is 12.3. The van der Waals surface area contributed by atoms with Crippen LogP contribution in [0.25, 0.3) is 0 Å². The minimum atomic E-state index is -3.03. The van der Waals surface area contributed by atoms with Crippen LogP contribution in [0, 0.1) is 0 Å². The first-order valence-corrected chi connectivity index (χ1v) is 8.04. The third-order valence-electron chi connectivity index (χ3n) is 3.07. The summed E-state index contributed by atoms with van der Waals surface area (Å²) in [5.41, 5.74) is 0.610. The Balaban J connectivity index is 1.86. The number of para-hydroxylation sites is 2. The van der Waals surface area contributed by atoms with E-state index in [0.29, 0.717) is 15.6 Å². The topological polar surface area (TPSA) is 64.6 Å². The van der Waals surface area contributed by atoms with Crippen LogP contribution in [-0.2, 0) is 20.7 Å². The monoisotopic (exact) mass is 403 g/mol. The van der Waals surface area contributed by atoms with Gasteiger partial charge in [0.2, 0.25) is 0 Å². The number of esters is 1. The molecule has 0 heterocycles. The molecule has 2 aromatic rings. The van der Waals surface area contributed by atoms with Crippen LogP contribution < -0.4 is 10.1 Å². The summed E-state index contributed by atoms with van der Waals surface area (Å²) < 4.78 is 33.8. The Morgan fingerprint density at radius 1 is 1.08 bits per heavy atom. The average molecular weight is 404 g/mol. The van der Waals surface area contributed by atoms with Crippen molar-refractivity contribution in [1.82, 2.24) is 0 Å². The number of amides is 1. The fourth-order valence-electron chi connectivity index (χ4n) is 1.97. The molecule has 1 amide bonds. The zero-order valence-electron chi connectivity index (χ0n) is 13.2. The summed E-state index contributed by atoms with van der Waals surface area (Å²) in [6, 6.07) is 10.3. The number of rotatable bonds is 7. The van der Waals surface area contributed by atoms with Crippen LogP contribution in [0.3, 0.4) is 0 Å². The van der Waals surface area contributed by atoms with E-state index in [1.165, 1.54) is 30.3 Å². The Morgan fingerprint density at radius 2 is 1.81 bits per heavy atom. The first-order valence-electron chi connectivity index (χ1n) is 7.28. The van der Waals surface area contributed by atoms with Gasteiger partial charge in [0.25, 0.3) is 5.91 Å². The van der Waals surface area contributed by atoms with Crippen molar-refractivity contribution in [1.29, 1.82) is 0 Å². The molecule has 0 saturated heterocycles. The maximum absolute atomic E-state index is 12.3. The van der Waals surface area contributed by atoms with E-state index in [1.807, 2.05) is 0 Å². The van der Waals surface area contributed by atoms with E-state index < -0.39 is 25.1 Å². The van der Waals surface area contributed by atoms with E-state index in [4.69, 9.17) is 27.9 Å². The molecule has 0 saturated carbocycles. The van der Waals surface area contributed by atoms with Gasteiger partial charge in [0.1, 0.15) is 5.75 Å². The molecule has 0 bridgehead atoms. The van der Waals surface area contributed by atoms with Crippen molar-refractivity contribution in [2.75, 3.05) is 11.9 Å². The van der Waals surface area contributed by atoms with E-state index in [2.05, 4.69) is 10.1 Å². The third-order valence-corrected chi connectivity index (χ3v) is 3.81. The number of hydrogen-bond donors (Lipinski definition) is 1. The number of carbonyl (C=O) groups is 2. The number of ether oxygens (including phenoxy) is 2. The predicted octanol–water partition coefficient (Wildman–Crippen LogP) is 4.32. The predicted molar refractivity (Wildman–Crippen MR) is 92.8 cm³/mol. The summed E-state index contributed by atoms with van der Waals surface area (Å²) in [5, 5.41) is 2.99. The highest BCUT2D eigenvalue weighted by molar-refractivity contribution is 6.42. The molecule has 9 heteroatoms. The summed E-state index contributed by atoms with van der Waals surface area (Å²) in [6.45, 7) is -3.61. The van der Waals surface area contributed by atoms with Crippen LogP contribution in [-0.4, -0.2) is 25.1 Å². The van der Waals surface area contributed by atoms with Gasteiger partial charge in [0, 0.05) is 0 Å². The molecule has 26 heavy (non-hydrogen) atoms. The van der Waals surface area contributed by atoms with Crippen molar-refractivity contribution in [2.45, 2.75) is 13.0 Å². The quantitative estimate of drug-likeness (QED) is 0.699. The van der Waals surface area contributed by atoms with E-state index >= 15 is 0 Å². The van der Waals surface area contributed by atoms with Crippen LogP contribution in [0.15, 0.2) is 42.5 Å². The van der Waals surface area contributed by atoms with E-state index in [9.17, 15) is 18.4 Å². The molecular formula is C17H13Cl2F2NO4. The molecule has 1 N–H and O–H groups in total. The minimum Gasteiger partial charge on any atom is -0.455 e. The van der Waals surface area contributed by atoms with Gasteiger partial charge >= 0.3 is 12.6 Å². The summed E-state index contributed by atoms with van der Waals surface area (Å²) in [5.74, 6) is -1.55. The van der Waals surface area contributed by atoms with Gasteiger partial charge in [-0.25, -0.2) is 0 Å². The lowest BCUT2D eigenvalue weighted by molar-refractivity contribution is -0.146. The lowest BCUT2D eigenvalue weighted by Crippen LogP contribution is -2.22. The fourth-order valence-corrected chi connectivity index (χ4v) is 2.29. The highest BCUT2D eigenvalue weighted by atomic mass is 35.5.